The van der Waals surface area contributed by atoms with E-state index in [1.54, 1.807) is 48.7 Å². The summed E-state index contributed by atoms with van der Waals surface area (Å²) in [6.07, 6.45) is 1.51. The highest BCUT2D eigenvalue weighted by molar-refractivity contribution is 6.09. The SMILES string of the molecule is CCn1cc(C(=O)Nc2cc(/C(C)=N\N=C(N)N)cc(/C(C)=N/N=C(N)N)c2)c(=O)c2ccc(C)nc21. The number of benzene rings is 1. The molecule has 0 aliphatic rings. The zero-order valence-electron chi connectivity index (χ0n) is 21.0. The van der Waals surface area contributed by atoms with Crippen molar-refractivity contribution in [1.29, 1.82) is 0 Å². The third kappa shape index (κ3) is 6.33. The highest BCUT2D eigenvalue weighted by atomic mass is 16.2. The van der Waals surface area contributed by atoms with Crippen molar-refractivity contribution in [1.82, 2.24) is 9.55 Å². The predicted molar refractivity (Wildman–Crippen MR) is 147 cm³/mol. The lowest BCUT2D eigenvalue weighted by Crippen LogP contribution is -2.24. The van der Waals surface area contributed by atoms with Crippen molar-refractivity contribution in [2.24, 2.45) is 43.3 Å². The van der Waals surface area contributed by atoms with E-state index >= 15 is 0 Å². The number of carbonyl (C=O) groups excluding carboxylic acids is 1. The number of nitrogens with zero attached hydrogens (tertiary/aromatic N) is 6. The Bertz CT molecular complexity index is 1490. The average molecular weight is 504 g/mol. The van der Waals surface area contributed by atoms with Crippen LogP contribution < -0.4 is 33.7 Å². The Kier molecular flexibility index (Phi) is 7.97. The first-order chi connectivity index (χ1) is 17.5. The van der Waals surface area contributed by atoms with E-state index in [0.717, 1.165) is 5.69 Å². The molecule has 2 aromatic heterocycles. The molecule has 13 heteroatoms. The lowest BCUT2D eigenvalue weighted by atomic mass is 10.0. The van der Waals surface area contributed by atoms with Gasteiger partial charge in [-0.05, 0) is 58.0 Å². The minimum absolute atomic E-state index is 0.0243. The van der Waals surface area contributed by atoms with E-state index in [0.29, 0.717) is 45.8 Å². The summed E-state index contributed by atoms with van der Waals surface area (Å²) in [5.74, 6) is -0.999. The number of carbonyl (C=O) groups is 1. The summed E-state index contributed by atoms with van der Waals surface area (Å²) in [7, 11) is 0. The Morgan fingerprint density at radius 2 is 1.51 bits per heavy atom. The molecule has 0 spiro atoms. The maximum Gasteiger partial charge on any atom is 0.261 e. The number of hydrogen-bond donors (Lipinski definition) is 5. The van der Waals surface area contributed by atoms with Crippen LogP contribution in [0.3, 0.4) is 0 Å². The second kappa shape index (κ2) is 11.1. The molecule has 192 valence electrons. The molecule has 0 bridgehead atoms. The number of fused-ring (bicyclic) bond motifs is 1. The number of nitrogens with one attached hydrogen (secondary N) is 1. The van der Waals surface area contributed by atoms with Gasteiger partial charge in [-0.2, -0.15) is 10.2 Å². The smallest absolute Gasteiger partial charge is 0.261 e. The molecule has 9 N–H and O–H groups in total. The number of rotatable bonds is 7. The summed E-state index contributed by atoms with van der Waals surface area (Å²) in [6, 6.07) is 8.50. The molecule has 0 atom stereocenters. The topological polar surface area (TPSA) is 218 Å². The van der Waals surface area contributed by atoms with Gasteiger partial charge in [-0.1, -0.05) is 0 Å². The standard InChI is InChI=1S/C24H29N11O2/c1-5-35-11-19(20(36)18-7-6-12(2)29-21(18)35)22(37)30-17-9-15(13(3)31-33-23(25)26)8-16(10-17)14(4)32-34-24(27)28/h6-11H,5H2,1-4H3,(H,30,37)(H4,25,26,33)(H4,27,28,34)/b31-13-,32-14+. The summed E-state index contributed by atoms with van der Waals surface area (Å²) in [5.41, 5.74) is 24.8. The van der Waals surface area contributed by atoms with Crippen molar-refractivity contribution < 1.29 is 4.79 Å². The zero-order valence-corrected chi connectivity index (χ0v) is 21.0. The fraction of sp³-hybridized carbons (Fsp3) is 0.208. The highest BCUT2D eigenvalue weighted by Crippen LogP contribution is 2.19. The number of anilines is 1. The summed E-state index contributed by atoms with van der Waals surface area (Å²) in [5, 5.41) is 18.5. The van der Waals surface area contributed by atoms with Crippen LogP contribution in [0.5, 0.6) is 0 Å². The average Bonchev–Trinajstić information content (AvgIpc) is 2.85. The summed E-state index contributed by atoms with van der Waals surface area (Å²) in [4.78, 5) is 30.9. The Morgan fingerprint density at radius 3 is 2.03 bits per heavy atom. The van der Waals surface area contributed by atoms with E-state index in [1.165, 1.54) is 6.20 Å². The predicted octanol–water partition coefficient (Wildman–Crippen LogP) is 0.972. The van der Waals surface area contributed by atoms with Crippen LogP contribution in [0.2, 0.25) is 0 Å². The quantitative estimate of drug-likeness (QED) is 0.178. The maximum absolute atomic E-state index is 13.3. The van der Waals surface area contributed by atoms with Crippen molar-refractivity contribution >= 4 is 46.0 Å². The second-order valence-electron chi connectivity index (χ2n) is 8.16. The molecule has 2 heterocycles. The minimum atomic E-state index is -0.588. The molecule has 37 heavy (non-hydrogen) atoms. The Hall–Kier alpha value is -5.07. The molecular formula is C24H29N11O2. The van der Waals surface area contributed by atoms with Gasteiger partial charge in [0.1, 0.15) is 11.2 Å². The van der Waals surface area contributed by atoms with Gasteiger partial charge in [-0.3, -0.25) is 9.59 Å². The first-order valence-electron chi connectivity index (χ1n) is 11.2. The number of aryl methyl sites for hydroxylation is 2. The Morgan fingerprint density at radius 1 is 0.946 bits per heavy atom. The number of guanidine groups is 2. The molecule has 13 nitrogen and oxygen atoms in total. The van der Waals surface area contributed by atoms with Crippen molar-refractivity contribution in [3.05, 3.63) is 69.1 Å². The molecule has 0 saturated carbocycles. The van der Waals surface area contributed by atoms with E-state index in [9.17, 15) is 9.59 Å². The fourth-order valence-corrected chi connectivity index (χ4v) is 3.46. The van der Waals surface area contributed by atoms with Crippen LogP contribution in [0, 0.1) is 6.92 Å². The summed E-state index contributed by atoms with van der Waals surface area (Å²) in [6.45, 7) is 7.65. The number of nitrogens with two attached hydrogens (primary N) is 4. The third-order valence-electron chi connectivity index (χ3n) is 5.30. The van der Waals surface area contributed by atoms with E-state index < -0.39 is 11.3 Å². The van der Waals surface area contributed by atoms with Gasteiger partial charge in [0, 0.05) is 35.2 Å². The molecule has 0 aliphatic heterocycles. The first kappa shape index (κ1) is 26.5. The lowest BCUT2D eigenvalue weighted by molar-refractivity contribution is 0.102. The van der Waals surface area contributed by atoms with Crippen molar-refractivity contribution in [2.75, 3.05) is 5.32 Å². The molecule has 3 rings (SSSR count). The van der Waals surface area contributed by atoms with Crippen molar-refractivity contribution in [2.45, 2.75) is 34.2 Å². The largest absolute Gasteiger partial charge is 0.369 e. The second-order valence-corrected chi connectivity index (χ2v) is 8.16. The van der Waals surface area contributed by atoms with Crippen LogP contribution in [0.1, 0.15) is 48.0 Å². The molecule has 0 unspecified atom stereocenters. The van der Waals surface area contributed by atoms with Crippen LogP contribution in [-0.2, 0) is 6.54 Å². The van der Waals surface area contributed by atoms with Gasteiger partial charge in [0.2, 0.25) is 17.3 Å². The fourth-order valence-electron chi connectivity index (χ4n) is 3.46. The zero-order chi connectivity index (χ0) is 27.3. The van der Waals surface area contributed by atoms with Gasteiger partial charge in [0.25, 0.3) is 5.91 Å². The molecule has 1 amide bonds. The number of amides is 1. The summed E-state index contributed by atoms with van der Waals surface area (Å²) >= 11 is 0. The lowest BCUT2D eigenvalue weighted by Gasteiger charge is -2.13. The molecule has 3 aromatic rings. The van der Waals surface area contributed by atoms with Gasteiger partial charge in [-0.15, -0.1) is 10.2 Å². The van der Waals surface area contributed by atoms with Crippen molar-refractivity contribution in [3.63, 3.8) is 0 Å². The molecule has 0 radical (unpaired) electrons. The minimum Gasteiger partial charge on any atom is -0.369 e. The summed E-state index contributed by atoms with van der Waals surface area (Å²) < 4.78 is 1.76. The van der Waals surface area contributed by atoms with E-state index in [2.05, 4.69) is 30.7 Å². The molecular weight excluding hydrogens is 474 g/mol. The Balaban J connectivity index is 2.11. The molecule has 0 aliphatic carbocycles. The monoisotopic (exact) mass is 503 g/mol. The van der Waals surface area contributed by atoms with E-state index in [4.69, 9.17) is 22.9 Å². The van der Waals surface area contributed by atoms with Gasteiger partial charge < -0.3 is 32.8 Å². The molecule has 1 aromatic carbocycles. The number of pyridine rings is 2. The maximum atomic E-state index is 13.3. The van der Waals surface area contributed by atoms with E-state index in [-0.39, 0.29) is 17.5 Å². The number of hydrogen-bond acceptors (Lipinski definition) is 7. The highest BCUT2D eigenvalue weighted by Gasteiger charge is 2.17. The van der Waals surface area contributed by atoms with Gasteiger partial charge in [0.15, 0.2) is 0 Å². The normalized spacial score (nSPS) is 11.8. The Labute approximate surface area is 212 Å². The molecule has 0 fully saturated rings. The van der Waals surface area contributed by atoms with Crippen molar-refractivity contribution in [3.8, 4) is 0 Å². The van der Waals surface area contributed by atoms with Gasteiger partial charge >= 0.3 is 0 Å². The molecule has 0 saturated heterocycles. The van der Waals surface area contributed by atoms with Crippen LogP contribution in [-0.4, -0.2) is 38.8 Å². The van der Waals surface area contributed by atoms with Crippen LogP contribution >= 0.6 is 0 Å². The van der Waals surface area contributed by atoms with Crippen LogP contribution in [0.25, 0.3) is 11.0 Å². The van der Waals surface area contributed by atoms with Gasteiger partial charge in [0.05, 0.1) is 16.8 Å². The van der Waals surface area contributed by atoms with Gasteiger partial charge in [-0.25, -0.2) is 4.98 Å². The van der Waals surface area contributed by atoms with Crippen LogP contribution in [0.4, 0.5) is 5.69 Å². The number of aromatic nitrogens is 2. The first-order valence-corrected chi connectivity index (χ1v) is 11.2. The van der Waals surface area contributed by atoms with E-state index in [1.807, 2.05) is 13.8 Å². The van der Waals surface area contributed by atoms with Crippen LogP contribution in [0.15, 0.2) is 61.7 Å². The third-order valence-corrected chi connectivity index (χ3v) is 5.30.